The summed E-state index contributed by atoms with van der Waals surface area (Å²) in [7, 11) is 0. The highest BCUT2D eigenvalue weighted by Gasteiger charge is 2.44. The second-order valence-electron chi connectivity index (χ2n) is 8.99. The second-order valence-corrected chi connectivity index (χ2v) is 8.99. The van der Waals surface area contributed by atoms with Crippen molar-refractivity contribution in [2.75, 3.05) is 0 Å². The van der Waals surface area contributed by atoms with Gasteiger partial charge in [0.15, 0.2) is 11.6 Å². The lowest BCUT2D eigenvalue weighted by atomic mass is 9.78. The van der Waals surface area contributed by atoms with E-state index in [9.17, 15) is 26.3 Å². The number of allylic oxidation sites excluding steroid dienone is 2. The fourth-order valence-corrected chi connectivity index (χ4v) is 4.74. The molecule has 2 aliphatic rings. The van der Waals surface area contributed by atoms with Gasteiger partial charge in [0, 0.05) is 6.07 Å². The van der Waals surface area contributed by atoms with Crippen LogP contribution in [0.25, 0.3) is 0 Å². The van der Waals surface area contributed by atoms with Crippen molar-refractivity contribution in [3.05, 3.63) is 36.2 Å². The first-order chi connectivity index (χ1) is 15.1. The molecule has 0 N–H and O–H groups in total. The van der Waals surface area contributed by atoms with E-state index in [1.807, 2.05) is 0 Å². The van der Waals surface area contributed by atoms with Crippen molar-refractivity contribution in [1.29, 1.82) is 0 Å². The molecule has 0 atom stereocenters. The molecule has 0 saturated heterocycles. The van der Waals surface area contributed by atoms with E-state index in [-0.39, 0.29) is 18.8 Å². The maximum atomic E-state index is 14.6. The molecule has 2 nitrogen and oxygen atoms in total. The van der Waals surface area contributed by atoms with Crippen LogP contribution in [0.15, 0.2) is 30.4 Å². The standard InChI is InChI=1S/C24H30F6O2/c1-2-16-3-5-17(6-4-16)7-8-18-9-11-19(12-10-18)23(26,27)31-20-13-14-22(21(25)15-20)32-24(28,29)30/h7-8,13-19H,2-6,9-12H2,1H3/b8-7+. The van der Waals surface area contributed by atoms with Crippen LogP contribution in [-0.4, -0.2) is 12.5 Å². The number of benzene rings is 1. The summed E-state index contributed by atoms with van der Waals surface area (Å²) in [4.78, 5) is 0. The Morgan fingerprint density at radius 3 is 1.91 bits per heavy atom. The lowest BCUT2D eigenvalue weighted by Gasteiger charge is -2.32. The van der Waals surface area contributed by atoms with Gasteiger partial charge >= 0.3 is 12.5 Å². The Bertz CT molecular complexity index is 760. The van der Waals surface area contributed by atoms with Crippen LogP contribution in [0.2, 0.25) is 0 Å². The summed E-state index contributed by atoms with van der Waals surface area (Å²) >= 11 is 0. The second kappa shape index (κ2) is 10.4. The van der Waals surface area contributed by atoms with Crippen molar-refractivity contribution in [3.8, 4) is 11.5 Å². The predicted molar refractivity (Wildman–Crippen MR) is 109 cm³/mol. The van der Waals surface area contributed by atoms with Crippen LogP contribution in [0.5, 0.6) is 11.5 Å². The monoisotopic (exact) mass is 464 g/mol. The van der Waals surface area contributed by atoms with Gasteiger partial charge in [-0.05, 0) is 81.3 Å². The van der Waals surface area contributed by atoms with Gasteiger partial charge < -0.3 is 9.47 Å². The van der Waals surface area contributed by atoms with Crippen LogP contribution in [0.1, 0.15) is 64.7 Å². The highest BCUT2D eigenvalue weighted by molar-refractivity contribution is 5.33. The molecule has 2 saturated carbocycles. The topological polar surface area (TPSA) is 18.5 Å². The van der Waals surface area contributed by atoms with Gasteiger partial charge in [-0.25, -0.2) is 4.39 Å². The molecule has 2 fully saturated rings. The SMILES string of the molecule is CCC1CCC(/C=C/C2CCC(C(F)(F)Oc3ccc(OC(F)(F)F)c(F)c3)CC2)CC1. The van der Waals surface area contributed by atoms with E-state index in [0.29, 0.717) is 30.9 Å². The van der Waals surface area contributed by atoms with Crippen LogP contribution >= 0.6 is 0 Å². The maximum absolute atomic E-state index is 14.6. The van der Waals surface area contributed by atoms with Crippen molar-refractivity contribution in [3.63, 3.8) is 0 Å². The Morgan fingerprint density at radius 1 is 0.844 bits per heavy atom. The molecule has 0 heterocycles. The molecule has 32 heavy (non-hydrogen) atoms. The summed E-state index contributed by atoms with van der Waals surface area (Å²) in [5.74, 6) is -2.39. The Balaban J connectivity index is 1.49. The van der Waals surface area contributed by atoms with E-state index in [4.69, 9.17) is 4.74 Å². The maximum Gasteiger partial charge on any atom is 0.573 e. The van der Waals surface area contributed by atoms with Gasteiger partial charge in [-0.3, -0.25) is 0 Å². The average molecular weight is 464 g/mol. The molecule has 0 aliphatic heterocycles. The minimum atomic E-state index is -5.07. The molecule has 0 bridgehead atoms. The average Bonchev–Trinajstić information content (AvgIpc) is 2.74. The van der Waals surface area contributed by atoms with Gasteiger partial charge in [0.1, 0.15) is 5.75 Å². The zero-order valence-electron chi connectivity index (χ0n) is 18.1. The summed E-state index contributed by atoms with van der Waals surface area (Å²) < 4.78 is 87.8. The number of hydrogen-bond donors (Lipinski definition) is 0. The number of alkyl halides is 5. The van der Waals surface area contributed by atoms with E-state index in [0.717, 1.165) is 12.0 Å². The molecule has 0 amide bonds. The van der Waals surface area contributed by atoms with Crippen molar-refractivity contribution in [2.24, 2.45) is 23.7 Å². The molecule has 1 aromatic rings. The molecule has 1 aromatic carbocycles. The first kappa shape index (κ1) is 24.8. The molecular weight excluding hydrogens is 434 g/mol. The Labute approximate surface area is 185 Å². The van der Waals surface area contributed by atoms with Crippen LogP contribution in [-0.2, 0) is 0 Å². The molecular formula is C24H30F6O2. The first-order valence-corrected chi connectivity index (χ1v) is 11.4. The van der Waals surface area contributed by atoms with Gasteiger partial charge in [-0.1, -0.05) is 25.5 Å². The van der Waals surface area contributed by atoms with E-state index < -0.39 is 35.7 Å². The minimum Gasteiger partial charge on any atom is -0.432 e. The van der Waals surface area contributed by atoms with Gasteiger partial charge in [-0.15, -0.1) is 13.2 Å². The van der Waals surface area contributed by atoms with E-state index in [2.05, 4.69) is 23.8 Å². The van der Waals surface area contributed by atoms with E-state index >= 15 is 0 Å². The van der Waals surface area contributed by atoms with Crippen molar-refractivity contribution < 1.29 is 35.8 Å². The summed E-state index contributed by atoms with van der Waals surface area (Å²) in [6.07, 6.45) is 3.74. The summed E-state index contributed by atoms with van der Waals surface area (Å²) in [6.45, 7) is 2.23. The lowest BCUT2D eigenvalue weighted by molar-refractivity contribution is -0.275. The number of halogens is 6. The van der Waals surface area contributed by atoms with E-state index in [1.165, 1.54) is 32.1 Å². The highest BCUT2D eigenvalue weighted by atomic mass is 19.4. The Hall–Kier alpha value is -1.86. The normalized spacial score (nSPS) is 27.5. The lowest BCUT2D eigenvalue weighted by Crippen LogP contribution is -2.37. The zero-order chi connectivity index (χ0) is 23.4. The van der Waals surface area contributed by atoms with Gasteiger partial charge in [-0.2, -0.15) is 8.78 Å². The molecule has 2 aliphatic carbocycles. The van der Waals surface area contributed by atoms with Crippen LogP contribution in [0, 0.1) is 29.5 Å². The highest BCUT2D eigenvalue weighted by Crippen LogP contribution is 2.41. The van der Waals surface area contributed by atoms with E-state index in [1.54, 1.807) is 0 Å². The predicted octanol–water partition coefficient (Wildman–Crippen LogP) is 8.27. The summed E-state index contributed by atoms with van der Waals surface area (Å²) in [5.41, 5.74) is 0. The Morgan fingerprint density at radius 2 is 1.41 bits per heavy atom. The fourth-order valence-electron chi connectivity index (χ4n) is 4.74. The van der Waals surface area contributed by atoms with Gasteiger partial charge in [0.05, 0.1) is 5.92 Å². The summed E-state index contributed by atoms with van der Waals surface area (Å²) in [5, 5.41) is 0. The Kier molecular flexibility index (Phi) is 8.04. The fraction of sp³-hybridized carbons (Fsp3) is 0.667. The third kappa shape index (κ3) is 7.07. The molecule has 0 aromatic heterocycles. The van der Waals surface area contributed by atoms with Crippen LogP contribution in [0.4, 0.5) is 26.3 Å². The van der Waals surface area contributed by atoms with Gasteiger partial charge in [0.25, 0.3) is 0 Å². The molecule has 3 rings (SSSR count). The molecule has 0 unspecified atom stereocenters. The van der Waals surface area contributed by atoms with Crippen LogP contribution in [0.3, 0.4) is 0 Å². The number of ether oxygens (including phenoxy) is 2. The molecule has 8 heteroatoms. The largest absolute Gasteiger partial charge is 0.573 e. The molecule has 0 spiro atoms. The number of rotatable bonds is 7. The van der Waals surface area contributed by atoms with Gasteiger partial charge in [0.2, 0.25) is 0 Å². The summed E-state index contributed by atoms with van der Waals surface area (Å²) in [6, 6.07) is 1.96. The molecule has 0 radical (unpaired) electrons. The third-order valence-electron chi connectivity index (χ3n) is 6.75. The molecule has 180 valence electrons. The van der Waals surface area contributed by atoms with Crippen molar-refractivity contribution in [2.45, 2.75) is 77.2 Å². The minimum absolute atomic E-state index is 0.266. The number of hydrogen-bond acceptors (Lipinski definition) is 2. The quantitative estimate of drug-likeness (QED) is 0.299. The first-order valence-electron chi connectivity index (χ1n) is 11.4. The third-order valence-corrected chi connectivity index (χ3v) is 6.75. The van der Waals surface area contributed by atoms with Crippen molar-refractivity contribution in [1.82, 2.24) is 0 Å². The van der Waals surface area contributed by atoms with Crippen LogP contribution < -0.4 is 9.47 Å². The zero-order valence-corrected chi connectivity index (χ0v) is 18.1. The van der Waals surface area contributed by atoms with Crippen molar-refractivity contribution >= 4 is 0 Å². The smallest absolute Gasteiger partial charge is 0.432 e.